The number of nitrogens with one attached hydrogen (secondary N) is 2. The zero-order chi connectivity index (χ0) is 19.1. The number of nitrogens with zero attached hydrogens (tertiary/aromatic N) is 1. The number of carbonyl (C=O) groups excluding carboxylic acids is 1. The van der Waals surface area contributed by atoms with Gasteiger partial charge in [0.2, 0.25) is 0 Å². The van der Waals surface area contributed by atoms with E-state index in [1.54, 1.807) is 0 Å². The van der Waals surface area contributed by atoms with Gasteiger partial charge in [0.15, 0.2) is 6.29 Å². The Kier molecular flexibility index (Phi) is 6.96. The van der Waals surface area contributed by atoms with Crippen molar-refractivity contribution in [3.05, 3.63) is 63.1 Å². The van der Waals surface area contributed by atoms with E-state index in [9.17, 15) is 19.1 Å². The number of benzene rings is 1. The Morgan fingerprint density at radius 3 is 2.54 bits per heavy atom. The number of halogens is 1. The number of aromatic amines is 1. The van der Waals surface area contributed by atoms with E-state index >= 15 is 0 Å². The first-order valence-corrected chi connectivity index (χ1v) is 7.79. The van der Waals surface area contributed by atoms with E-state index in [4.69, 9.17) is 9.47 Å². The SMILES string of the molecule is COC(Cc1nc(C(=O)NCc2ccc(F)cc2)c(CO)c(=O)[nH]1)OC. The van der Waals surface area contributed by atoms with Crippen LogP contribution in [0.15, 0.2) is 29.1 Å². The summed E-state index contributed by atoms with van der Waals surface area (Å²) in [5.41, 5.74) is -0.263. The average molecular weight is 365 g/mol. The van der Waals surface area contributed by atoms with E-state index in [-0.39, 0.29) is 35.9 Å². The highest BCUT2D eigenvalue weighted by Crippen LogP contribution is 2.07. The van der Waals surface area contributed by atoms with Gasteiger partial charge >= 0.3 is 0 Å². The molecule has 1 aromatic heterocycles. The van der Waals surface area contributed by atoms with Crippen LogP contribution in [0.4, 0.5) is 4.39 Å². The van der Waals surface area contributed by atoms with Gasteiger partial charge in [-0.05, 0) is 17.7 Å². The van der Waals surface area contributed by atoms with Crippen molar-refractivity contribution in [1.82, 2.24) is 15.3 Å². The smallest absolute Gasteiger partial charge is 0.270 e. The maximum Gasteiger partial charge on any atom is 0.270 e. The second-order valence-corrected chi connectivity index (χ2v) is 5.41. The van der Waals surface area contributed by atoms with Crippen molar-refractivity contribution in [3.8, 4) is 0 Å². The van der Waals surface area contributed by atoms with E-state index in [2.05, 4.69) is 15.3 Å². The van der Waals surface area contributed by atoms with Crippen molar-refractivity contribution in [2.24, 2.45) is 0 Å². The highest BCUT2D eigenvalue weighted by Gasteiger charge is 2.19. The summed E-state index contributed by atoms with van der Waals surface area (Å²) in [6.45, 7) is -0.521. The highest BCUT2D eigenvalue weighted by atomic mass is 19.1. The molecule has 0 fully saturated rings. The van der Waals surface area contributed by atoms with Crippen LogP contribution >= 0.6 is 0 Å². The van der Waals surface area contributed by atoms with Crippen LogP contribution < -0.4 is 10.9 Å². The van der Waals surface area contributed by atoms with Crippen LogP contribution in [0.25, 0.3) is 0 Å². The summed E-state index contributed by atoms with van der Waals surface area (Å²) >= 11 is 0. The van der Waals surface area contributed by atoms with Gasteiger partial charge in [-0.3, -0.25) is 9.59 Å². The molecule has 0 radical (unpaired) electrons. The first kappa shape index (κ1) is 19.7. The molecule has 0 aliphatic heterocycles. The molecule has 0 bridgehead atoms. The largest absolute Gasteiger partial charge is 0.391 e. The molecule has 8 nitrogen and oxygen atoms in total. The fraction of sp³-hybridized carbons (Fsp3) is 0.353. The third-order valence-corrected chi connectivity index (χ3v) is 3.69. The molecule has 0 unspecified atom stereocenters. The van der Waals surface area contributed by atoms with Gasteiger partial charge in [0.1, 0.15) is 17.3 Å². The number of aliphatic hydroxyl groups is 1. The van der Waals surface area contributed by atoms with Gasteiger partial charge < -0.3 is 24.9 Å². The molecule has 0 saturated heterocycles. The molecule has 1 amide bonds. The first-order valence-electron chi connectivity index (χ1n) is 7.79. The van der Waals surface area contributed by atoms with E-state index in [0.717, 1.165) is 0 Å². The zero-order valence-corrected chi connectivity index (χ0v) is 14.4. The topological polar surface area (TPSA) is 114 Å². The summed E-state index contributed by atoms with van der Waals surface area (Å²) in [6.07, 6.45) is -0.528. The standard InChI is InChI=1S/C17H20FN3O5/c1-25-14(26-2)7-13-20-15(12(9-22)16(23)21-13)17(24)19-8-10-3-5-11(18)6-4-10/h3-6,14,22H,7-9H2,1-2H3,(H,19,24)(H,20,21,23). The number of aromatic nitrogens is 2. The van der Waals surface area contributed by atoms with Crippen molar-refractivity contribution in [2.75, 3.05) is 14.2 Å². The van der Waals surface area contributed by atoms with Crippen LogP contribution in [-0.4, -0.2) is 41.5 Å². The van der Waals surface area contributed by atoms with Gasteiger partial charge in [-0.1, -0.05) is 12.1 Å². The van der Waals surface area contributed by atoms with Gasteiger partial charge in [-0.25, -0.2) is 9.37 Å². The monoisotopic (exact) mass is 365 g/mol. The van der Waals surface area contributed by atoms with E-state index < -0.39 is 24.4 Å². The molecule has 0 atom stereocenters. The number of aliphatic hydroxyl groups excluding tert-OH is 1. The van der Waals surface area contributed by atoms with Gasteiger partial charge in [-0.2, -0.15) is 0 Å². The van der Waals surface area contributed by atoms with Crippen molar-refractivity contribution in [1.29, 1.82) is 0 Å². The molecule has 1 heterocycles. The maximum atomic E-state index is 12.9. The molecule has 3 N–H and O–H groups in total. The molecule has 9 heteroatoms. The lowest BCUT2D eigenvalue weighted by Crippen LogP contribution is -2.31. The highest BCUT2D eigenvalue weighted by molar-refractivity contribution is 5.93. The number of methoxy groups -OCH3 is 2. The summed E-state index contributed by atoms with van der Waals surface area (Å²) in [6, 6.07) is 5.61. The van der Waals surface area contributed by atoms with Crippen molar-refractivity contribution in [2.45, 2.75) is 25.9 Å². The minimum Gasteiger partial charge on any atom is -0.391 e. The lowest BCUT2D eigenvalue weighted by Gasteiger charge is -2.14. The molecule has 0 saturated carbocycles. The van der Waals surface area contributed by atoms with Crippen LogP contribution in [0, 0.1) is 5.82 Å². The number of amides is 1. The second-order valence-electron chi connectivity index (χ2n) is 5.41. The number of rotatable bonds is 8. The van der Waals surface area contributed by atoms with Crippen molar-refractivity contribution >= 4 is 5.91 Å². The molecule has 2 rings (SSSR count). The third kappa shape index (κ3) is 4.94. The van der Waals surface area contributed by atoms with Crippen molar-refractivity contribution < 1.29 is 23.8 Å². The molecular weight excluding hydrogens is 345 g/mol. The Balaban J connectivity index is 2.21. The van der Waals surface area contributed by atoms with Gasteiger partial charge in [0.25, 0.3) is 11.5 Å². The molecule has 0 aliphatic carbocycles. The lowest BCUT2D eigenvalue weighted by atomic mass is 10.2. The summed E-state index contributed by atoms with van der Waals surface area (Å²) < 4.78 is 23.0. The number of hydrogen-bond acceptors (Lipinski definition) is 6. The summed E-state index contributed by atoms with van der Waals surface area (Å²) in [5, 5.41) is 12.0. The Morgan fingerprint density at radius 1 is 1.31 bits per heavy atom. The van der Waals surface area contributed by atoms with Crippen LogP contribution in [0.5, 0.6) is 0 Å². The van der Waals surface area contributed by atoms with E-state index in [1.807, 2.05) is 0 Å². The molecule has 0 spiro atoms. The molecule has 1 aromatic carbocycles. The number of H-pyrrole nitrogens is 1. The average Bonchev–Trinajstić information content (AvgIpc) is 2.64. The normalized spacial score (nSPS) is 11.0. The minimum atomic E-state index is -0.645. The van der Waals surface area contributed by atoms with Crippen molar-refractivity contribution in [3.63, 3.8) is 0 Å². The predicted molar refractivity (Wildman–Crippen MR) is 89.9 cm³/mol. The number of ether oxygens (including phenoxy) is 2. The Hall–Kier alpha value is -2.62. The van der Waals surface area contributed by atoms with Crippen LogP contribution in [0.1, 0.15) is 27.4 Å². The van der Waals surface area contributed by atoms with Crippen LogP contribution in [-0.2, 0) is 29.0 Å². The fourth-order valence-electron chi connectivity index (χ4n) is 2.26. The lowest BCUT2D eigenvalue weighted by molar-refractivity contribution is -0.101. The van der Waals surface area contributed by atoms with Crippen LogP contribution in [0.2, 0.25) is 0 Å². The Labute approximate surface area is 149 Å². The van der Waals surface area contributed by atoms with E-state index in [1.165, 1.54) is 38.5 Å². The summed E-state index contributed by atoms with van der Waals surface area (Å²) in [7, 11) is 2.87. The molecule has 2 aromatic rings. The predicted octanol–water partition coefficient (Wildman–Crippen LogP) is 0.493. The summed E-state index contributed by atoms with van der Waals surface area (Å²) in [4.78, 5) is 31.1. The molecule has 26 heavy (non-hydrogen) atoms. The second kappa shape index (κ2) is 9.18. The molecular formula is C17H20FN3O5. The van der Waals surface area contributed by atoms with Gasteiger partial charge in [-0.15, -0.1) is 0 Å². The number of carbonyl (C=O) groups is 1. The quantitative estimate of drug-likeness (QED) is 0.587. The first-order chi connectivity index (χ1) is 12.5. The Morgan fingerprint density at radius 2 is 1.96 bits per heavy atom. The number of hydrogen-bond donors (Lipinski definition) is 3. The minimum absolute atomic E-state index is 0.117. The third-order valence-electron chi connectivity index (χ3n) is 3.69. The fourth-order valence-corrected chi connectivity index (χ4v) is 2.26. The van der Waals surface area contributed by atoms with E-state index in [0.29, 0.717) is 5.56 Å². The summed E-state index contributed by atoms with van der Waals surface area (Å²) in [5.74, 6) is -0.820. The zero-order valence-electron chi connectivity index (χ0n) is 14.4. The van der Waals surface area contributed by atoms with Crippen LogP contribution in [0.3, 0.4) is 0 Å². The Bertz CT molecular complexity index is 803. The van der Waals surface area contributed by atoms with Gasteiger partial charge in [0, 0.05) is 20.8 Å². The maximum absolute atomic E-state index is 12.9. The van der Waals surface area contributed by atoms with Gasteiger partial charge in [0.05, 0.1) is 18.6 Å². The molecule has 0 aliphatic rings. The molecule has 140 valence electrons.